The minimum absolute atomic E-state index is 0.143. The van der Waals surface area contributed by atoms with Crippen molar-refractivity contribution in [3.8, 4) is 0 Å². The molecule has 0 radical (unpaired) electrons. The van der Waals surface area contributed by atoms with Crippen molar-refractivity contribution in [3.63, 3.8) is 0 Å². The third kappa shape index (κ3) is 4.38. The van der Waals surface area contributed by atoms with Gasteiger partial charge in [-0.15, -0.1) is 0 Å². The van der Waals surface area contributed by atoms with Crippen molar-refractivity contribution in [1.82, 2.24) is 5.32 Å². The van der Waals surface area contributed by atoms with E-state index in [0.29, 0.717) is 0 Å². The van der Waals surface area contributed by atoms with Gasteiger partial charge >= 0.3 is 0 Å². The van der Waals surface area contributed by atoms with E-state index in [2.05, 4.69) is 10.3 Å². The fraction of sp³-hybridized carbons (Fsp3) is 0.0800. The molecule has 2 N–H and O–H groups in total. The Morgan fingerprint density at radius 3 is 2.24 bits per heavy atom. The second kappa shape index (κ2) is 8.48. The molecule has 144 valence electrons. The average Bonchev–Trinajstić information content (AvgIpc) is 3.29. The molecule has 1 aliphatic heterocycles. The molecule has 0 saturated heterocycles. The molecule has 0 fully saturated rings. The molecule has 4 heteroatoms. The van der Waals surface area contributed by atoms with E-state index < -0.39 is 0 Å². The summed E-state index contributed by atoms with van der Waals surface area (Å²) in [7, 11) is 0. The lowest BCUT2D eigenvalue weighted by molar-refractivity contribution is 0.174. The first-order valence-corrected chi connectivity index (χ1v) is 9.48. The van der Waals surface area contributed by atoms with Crippen LogP contribution in [0.3, 0.4) is 0 Å². The summed E-state index contributed by atoms with van der Waals surface area (Å²) in [4.78, 5) is 4.40. The van der Waals surface area contributed by atoms with E-state index in [1.54, 1.807) is 0 Å². The Hall–Kier alpha value is -3.79. The maximum absolute atomic E-state index is 10.1. The van der Waals surface area contributed by atoms with Crippen molar-refractivity contribution < 1.29 is 9.84 Å². The number of nitrogens with zero attached hydrogens (tertiary/aromatic N) is 1. The van der Waals surface area contributed by atoms with Crippen LogP contribution >= 0.6 is 0 Å². The second-order valence-electron chi connectivity index (χ2n) is 6.76. The lowest BCUT2D eigenvalue weighted by atomic mass is 10.1. The number of benzene rings is 3. The van der Waals surface area contributed by atoms with Crippen LogP contribution < -0.4 is 5.32 Å². The summed E-state index contributed by atoms with van der Waals surface area (Å²) in [5.41, 5.74) is 4.63. The number of nitrogens with one attached hydrogen (secondary N) is 1. The maximum atomic E-state index is 10.1. The molecule has 0 spiro atoms. The number of aliphatic imine (C=N–C) groups is 1. The van der Waals surface area contributed by atoms with Gasteiger partial charge in [0.25, 0.3) is 0 Å². The highest BCUT2D eigenvalue weighted by Gasteiger charge is 2.20. The van der Waals surface area contributed by atoms with Crippen LogP contribution in [0.25, 0.3) is 11.5 Å². The third-order valence-electron chi connectivity index (χ3n) is 4.75. The van der Waals surface area contributed by atoms with Gasteiger partial charge in [-0.05, 0) is 12.5 Å². The van der Waals surface area contributed by atoms with Crippen LogP contribution in [0.4, 0.5) is 0 Å². The minimum Gasteiger partial charge on any atom is -0.506 e. The summed E-state index contributed by atoms with van der Waals surface area (Å²) in [6.45, 7) is 1.92. The minimum atomic E-state index is -0.210. The number of aliphatic hydroxyl groups is 1. The number of hydrogen-bond acceptors (Lipinski definition) is 4. The number of rotatable bonds is 5. The molecule has 1 heterocycles. The number of aliphatic hydroxyl groups excluding tert-OH is 1. The molecule has 1 unspecified atom stereocenters. The summed E-state index contributed by atoms with van der Waals surface area (Å²) >= 11 is 0. The highest BCUT2D eigenvalue weighted by molar-refractivity contribution is 5.99. The summed E-state index contributed by atoms with van der Waals surface area (Å²) in [5.74, 6) is 0.976. The van der Waals surface area contributed by atoms with Gasteiger partial charge in [0, 0.05) is 28.6 Å². The van der Waals surface area contributed by atoms with Gasteiger partial charge in [-0.1, -0.05) is 84.9 Å². The zero-order valence-electron chi connectivity index (χ0n) is 16.1. The maximum Gasteiger partial charge on any atom is 0.196 e. The molecule has 29 heavy (non-hydrogen) atoms. The van der Waals surface area contributed by atoms with Gasteiger partial charge in [-0.3, -0.25) is 4.99 Å². The predicted molar refractivity (Wildman–Crippen MR) is 117 cm³/mol. The standard InChI is InChI=1S/C25H22N2O2/c1-18(26-16-23(28)20-8-4-2-5-9-20)19-12-14-22(15-13-19)25-27-17-24(29-25)21-10-6-3-7-11-21/h2-17,25,27-28H,1H3/b23-16-,26-18?. The fourth-order valence-electron chi connectivity index (χ4n) is 3.08. The molecule has 4 rings (SSSR count). The molecule has 3 aromatic carbocycles. The normalized spacial score (nSPS) is 16.7. The van der Waals surface area contributed by atoms with Crippen molar-refractivity contribution in [1.29, 1.82) is 0 Å². The quantitative estimate of drug-likeness (QED) is 0.442. The second-order valence-corrected chi connectivity index (χ2v) is 6.76. The van der Waals surface area contributed by atoms with E-state index >= 15 is 0 Å². The number of ether oxygens (including phenoxy) is 1. The van der Waals surface area contributed by atoms with Crippen LogP contribution in [0.1, 0.15) is 35.4 Å². The average molecular weight is 382 g/mol. The van der Waals surface area contributed by atoms with Crippen molar-refractivity contribution in [2.75, 3.05) is 0 Å². The molecule has 3 aromatic rings. The molecular weight excluding hydrogens is 360 g/mol. The summed E-state index contributed by atoms with van der Waals surface area (Å²) < 4.78 is 6.04. The molecule has 0 amide bonds. The first kappa shape index (κ1) is 18.6. The third-order valence-corrected chi connectivity index (χ3v) is 4.75. The number of hydrogen-bond donors (Lipinski definition) is 2. The van der Waals surface area contributed by atoms with Gasteiger partial charge in [0.15, 0.2) is 6.23 Å². The molecule has 1 atom stereocenters. The molecule has 4 nitrogen and oxygen atoms in total. The lowest BCUT2D eigenvalue weighted by Crippen LogP contribution is -2.11. The molecular formula is C25H22N2O2. The van der Waals surface area contributed by atoms with Crippen LogP contribution in [0.2, 0.25) is 0 Å². The molecule has 1 aliphatic rings. The van der Waals surface area contributed by atoms with Crippen LogP contribution in [0.15, 0.2) is 102 Å². The summed E-state index contributed by atoms with van der Waals surface area (Å²) in [6.07, 6.45) is 3.17. The van der Waals surface area contributed by atoms with E-state index in [0.717, 1.165) is 33.7 Å². The van der Waals surface area contributed by atoms with Crippen LogP contribution in [0, 0.1) is 0 Å². The van der Waals surface area contributed by atoms with Gasteiger partial charge in [-0.25, -0.2) is 0 Å². The van der Waals surface area contributed by atoms with Crippen LogP contribution in [-0.4, -0.2) is 10.8 Å². The zero-order valence-corrected chi connectivity index (χ0v) is 16.1. The SMILES string of the molecule is CC(=N/C=C(\O)c1ccccc1)c1ccc(C2NC=C(c3ccccc3)O2)cc1. The Morgan fingerprint density at radius 2 is 1.55 bits per heavy atom. The van der Waals surface area contributed by atoms with E-state index in [-0.39, 0.29) is 12.0 Å². The Bertz CT molecular complexity index is 1050. The van der Waals surface area contributed by atoms with E-state index in [9.17, 15) is 5.11 Å². The van der Waals surface area contributed by atoms with E-state index in [1.165, 1.54) is 6.20 Å². The first-order valence-electron chi connectivity index (χ1n) is 9.48. The largest absolute Gasteiger partial charge is 0.506 e. The highest BCUT2D eigenvalue weighted by Crippen LogP contribution is 2.29. The molecule has 0 saturated carbocycles. The topological polar surface area (TPSA) is 53.9 Å². The van der Waals surface area contributed by atoms with Crippen molar-refractivity contribution >= 4 is 17.2 Å². The van der Waals surface area contributed by atoms with Gasteiger partial charge in [-0.2, -0.15) is 0 Å². The Kier molecular flexibility index (Phi) is 5.43. The van der Waals surface area contributed by atoms with Crippen LogP contribution in [0.5, 0.6) is 0 Å². The highest BCUT2D eigenvalue weighted by atomic mass is 16.5. The Labute approximate surface area is 170 Å². The molecule has 0 aromatic heterocycles. The summed E-state index contributed by atoms with van der Waals surface area (Å²) in [5, 5.41) is 13.4. The van der Waals surface area contributed by atoms with E-state index in [4.69, 9.17) is 4.74 Å². The van der Waals surface area contributed by atoms with Crippen molar-refractivity contribution in [3.05, 3.63) is 120 Å². The Morgan fingerprint density at radius 1 is 0.897 bits per heavy atom. The zero-order chi connectivity index (χ0) is 20.1. The lowest BCUT2D eigenvalue weighted by Gasteiger charge is -2.14. The molecule has 0 bridgehead atoms. The predicted octanol–water partition coefficient (Wildman–Crippen LogP) is 5.67. The van der Waals surface area contributed by atoms with Crippen LogP contribution in [-0.2, 0) is 4.74 Å². The van der Waals surface area contributed by atoms with Gasteiger partial charge in [0.2, 0.25) is 0 Å². The smallest absolute Gasteiger partial charge is 0.196 e. The monoisotopic (exact) mass is 382 g/mol. The fourth-order valence-corrected chi connectivity index (χ4v) is 3.08. The van der Waals surface area contributed by atoms with Gasteiger partial charge in [0.1, 0.15) is 11.5 Å². The summed E-state index contributed by atoms with van der Waals surface area (Å²) in [6, 6.07) is 27.4. The van der Waals surface area contributed by atoms with Gasteiger partial charge < -0.3 is 15.2 Å². The van der Waals surface area contributed by atoms with E-state index in [1.807, 2.05) is 98.1 Å². The van der Waals surface area contributed by atoms with Crippen molar-refractivity contribution in [2.45, 2.75) is 13.2 Å². The Balaban J connectivity index is 1.43. The van der Waals surface area contributed by atoms with Crippen molar-refractivity contribution in [2.24, 2.45) is 4.99 Å². The molecule has 0 aliphatic carbocycles. The first-order chi connectivity index (χ1) is 14.2. The van der Waals surface area contributed by atoms with Gasteiger partial charge in [0.05, 0.1) is 6.20 Å².